The maximum absolute atomic E-state index is 11.8. The molecule has 0 amide bonds. The first-order chi connectivity index (χ1) is 12.5. The number of allylic oxidation sites excluding steroid dienone is 1. The number of hydrogen-bond donors (Lipinski definition) is 0. The zero-order chi connectivity index (χ0) is 20.3. The number of carbonyl (C=O) groups excluding carboxylic acids is 1. The Morgan fingerprint density at radius 2 is 1.81 bits per heavy atom. The average molecular weight is 389 g/mol. The van der Waals surface area contributed by atoms with Gasteiger partial charge in [0.15, 0.2) is 8.32 Å². The molecule has 1 aromatic carbocycles. The van der Waals surface area contributed by atoms with E-state index < -0.39 is 19.9 Å². The standard InChI is InChI=1S/C22H32O4Si/c1-21(2,3)27(6,7)26-22(14-13-20(23)25-5)16-18(15-19(22)24-4)17-11-9-8-10-12-17/h8-15,18H,16H2,1-7H3/b14-13+/t18-,22+/m1/s1. The van der Waals surface area contributed by atoms with E-state index in [0.717, 1.165) is 5.76 Å². The van der Waals surface area contributed by atoms with Crippen molar-refractivity contribution in [3.05, 3.63) is 59.9 Å². The highest BCUT2D eigenvalue weighted by Crippen LogP contribution is 2.48. The van der Waals surface area contributed by atoms with Gasteiger partial charge in [-0.2, -0.15) is 0 Å². The van der Waals surface area contributed by atoms with Crippen molar-refractivity contribution in [3.63, 3.8) is 0 Å². The van der Waals surface area contributed by atoms with E-state index in [4.69, 9.17) is 13.9 Å². The Hall–Kier alpha value is -1.85. The second-order valence-electron chi connectivity index (χ2n) is 8.56. The van der Waals surface area contributed by atoms with E-state index in [-0.39, 0.29) is 11.0 Å². The molecule has 4 nitrogen and oxygen atoms in total. The van der Waals surface area contributed by atoms with Crippen LogP contribution >= 0.6 is 0 Å². The van der Waals surface area contributed by atoms with Crippen LogP contribution < -0.4 is 0 Å². The molecule has 1 aliphatic rings. The lowest BCUT2D eigenvalue weighted by Crippen LogP contribution is -2.49. The molecule has 0 aliphatic heterocycles. The lowest BCUT2D eigenvalue weighted by atomic mass is 9.92. The highest BCUT2D eigenvalue weighted by Gasteiger charge is 2.49. The van der Waals surface area contributed by atoms with E-state index in [9.17, 15) is 4.79 Å². The van der Waals surface area contributed by atoms with E-state index in [0.29, 0.717) is 6.42 Å². The van der Waals surface area contributed by atoms with Crippen LogP contribution in [0.3, 0.4) is 0 Å². The monoisotopic (exact) mass is 388 g/mol. The van der Waals surface area contributed by atoms with Crippen LogP contribution in [0.25, 0.3) is 0 Å². The van der Waals surface area contributed by atoms with E-state index in [1.807, 2.05) is 24.3 Å². The lowest BCUT2D eigenvalue weighted by Gasteiger charge is -2.43. The van der Waals surface area contributed by atoms with Gasteiger partial charge in [0.2, 0.25) is 0 Å². The minimum atomic E-state index is -2.14. The van der Waals surface area contributed by atoms with Gasteiger partial charge < -0.3 is 13.9 Å². The molecule has 0 bridgehead atoms. The summed E-state index contributed by atoms with van der Waals surface area (Å²) in [4.78, 5) is 11.8. The first-order valence-electron chi connectivity index (χ1n) is 9.33. The van der Waals surface area contributed by atoms with Gasteiger partial charge in [-0.1, -0.05) is 51.1 Å². The SMILES string of the molecule is COC(=O)/C=C/[C@]1(O[Si](C)(C)C(C)(C)C)C[C@H](c2ccccc2)C=C1OC. The van der Waals surface area contributed by atoms with Crippen LogP contribution in [0.2, 0.25) is 18.1 Å². The van der Waals surface area contributed by atoms with E-state index in [1.54, 1.807) is 7.11 Å². The van der Waals surface area contributed by atoms with Crippen molar-refractivity contribution >= 4 is 14.3 Å². The molecule has 2 atom stereocenters. The summed E-state index contributed by atoms with van der Waals surface area (Å²) in [5, 5.41) is 0.0305. The molecule has 2 rings (SSSR count). The Morgan fingerprint density at radius 3 is 2.33 bits per heavy atom. The van der Waals surface area contributed by atoms with Gasteiger partial charge in [-0.3, -0.25) is 0 Å². The molecular weight excluding hydrogens is 356 g/mol. The molecule has 5 heteroatoms. The zero-order valence-electron chi connectivity index (χ0n) is 17.5. The third-order valence-corrected chi connectivity index (χ3v) is 10.2. The van der Waals surface area contributed by atoms with Crippen LogP contribution in [0.15, 0.2) is 54.3 Å². The number of ether oxygens (including phenoxy) is 2. The van der Waals surface area contributed by atoms with Gasteiger partial charge in [0.25, 0.3) is 0 Å². The fraction of sp³-hybridized carbons (Fsp3) is 0.500. The number of rotatable bonds is 6. The van der Waals surface area contributed by atoms with Crippen molar-refractivity contribution < 1.29 is 18.7 Å². The Balaban J connectivity index is 2.47. The molecule has 0 fully saturated rings. The molecule has 0 radical (unpaired) electrons. The summed E-state index contributed by atoms with van der Waals surface area (Å²) in [5.74, 6) is 0.515. The summed E-state index contributed by atoms with van der Waals surface area (Å²) in [6.45, 7) is 11.0. The van der Waals surface area contributed by atoms with Gasteiger partial charge in [-0.05, 0) is 42.3 Å². The van der Waals surface area contributed by atoms with Gasteiger partial charge in [-0.25, -0.2) is 4.79 Å². The normalized spacial score (nSPS) is 23.4. The summed E-state index contributed by atoms with van der Waals surface area (Å²) in [5.41, 5.74) is 0.436. The molecular formula is C22H32O4Si. The average Bonchev–Trinajstić information content (AvgIpc) is 2.97. The Kier molecular flexibility index (Phi) is 6.38. The van der Waals surface area contributed by atoms with Gasteiger partial charge >= 0.3 is 5.97 Å². The minimum Gasteiger partial charge on any atom is -0.498 e. The van der Waals surface area contributed by atoms with Crippen LogP contribution in [0.4, 0.5) is 0 Å². The molecule has 0 heterocycles. The lowest BCUT2D eigenvalue weighted by molar-refractivity contribution is -0.134. The van der Waals surface area contributed by atoms with Gasteiger partial charge in [0.05, 0.1) is 14.2 Å². The molecule has 1 aromatic rings. The quantitative estimate of drug-likeness (QED) is 0.382. The van der Waals surface area contributed by atoms with Crippen molar-refractivity contribution in [2.75, 3.05) is 14.2 Å². The highest BCUT2D eigenvalue weighted by molar-refractivity contribution is 6.74. The van der Waals surface area contributed by atoms with Gasteiger partial charge in [-0.15, -0.1) is 0 Å². The predicted octanol–water partition coefficient (Wildman–Crippen LogP) is 5.19. The molecule has 0 N–H and O–H groups in total. The maximum atomic E-state index is 11.8. The zero-order valence-corrected chi connectivity index (χ0v) is 18.5. The molecule has 1 aliphatic carbocycles. The summed E-state index contributed by atoms with van der Waals surface area (Å²) < 4.78 is 17.4. The van der Waals surface area contributed by atoms with Crippen molar-refractivity contribution in [2.45, 2.75) is 56.8 Å². The summed E-state index contributed by atoms with van der Waals surface area (Å²) in [6, 6.07) is 10.3. The maximum Gasteiger partial charge on any atom is 0.330 e. The first kappa shape index (κ1) is 21.4. The van der Waals surface area contributed by atoms with Crippen molar-refractivity contribution in [1.29, 1.82) is 0 Å². The second-order valence-corrected chi connectivity index (χ2v) is 13.3. The van der Waals surface area contributed by atoms with Gasteiger partial charge in [0.1, 0.15) is 11.4 Å². The van der Waals surface area contributed by atoms with E-state index >= 15 is 0 Å². The van der Waals surface area contributed by atoms with Crippen molar-refractivity contribution in [2.24, 2.45) is 0 Å². The number of hydrogen-bond acceptors (Lipinski definition) is 4. The number of methoxy groups -OCH3 is 2. The fourth-order valence-corrected chi connectivity index (χ4v) is 4.59. The summed E-state index contributed by atoms with van der Waals surface area (Å²) in [7, 11) is 0.902. The second kappa shape index (κ2) is 8.03. The molecule has 148 valence electrons. The van der Waals surface area contributed by atoms with Gasteiger partial charge in [0, 0.05) is 12.0 Å². The highest BCUT2D eigenvalue weighted by atomic mass is 28.4. The number of carbonyl (C=O) groups is 1. The minimum absolute atomic E-state index is 0.0305. The fourth-order valence-electron chi connectivity index (χ4n) is 3.12. The molecule has 0 aromatic heterocycles. The molecule has 0 saturated carbocycles. The molecule has 0 spiro atoms. The molecule has 0 saturated heterocycles. The Bertz CT molecular complexity index is 716. The predicted molar refractivity (Wildman–Crippen MR) is 111 cm³/mol. The van der Waals surface area contributed by atoms with E-state index in [2.05, 4.69) is 52.1 Å². The van der Waals surface area contributed by atoms with Crippen LogP contribution in [-0.2, 0) is 18.7 Å². The summed E-state index contributed by atoms with van der Waals surface area (Å²) >= 11 is 0. The summed E-state index contributed by atoms with van der Waals surface area (Å²) in [6.07, 6.45) is 6.08. The van der Waals surface area contributed by atoms with E-state index in [1.165, 1.54) is 18.7 Å². The van der Waals surface area contributed by atoms with Crippen LogP contribution in [-0.4, -0.2) is 34.1 Å². The Morgan fingerprint density at radius 1 is 1.19 bits per heavy atom. The van der Waals surface area contributed by atoms with Crippen LogP contribution in [0.1, 0.15) is 38.7 Å². The third kappa shape index (κ3) is 4.71. The molecule has 0 unspecified atom stereocenters. The molecule has 27 heavy (non-hydrogen) atoms. The largest absolute Gasteiger partial charge is 0.498 e. The third-order valence-electron chi connectivity index (χ3n) is 5.67. The van der Waals surface area contributed by atoms with Crippen molar-refractivity contribution in [1.82, 2.24) is 0 Å². The number of benzene rings is 1. The van der Waals surface area contributed by atoms with Crippen LogP contribution in [0, 0.1) is 0 Å². The van der Waals surface area contributed by atoms with Crippen LogP contribution in [0.5, 0.6) is 0 Å². The topological polar surface area (TPSA) is 44.8 Å². The Labute approximate surface area is 164 Å². The first-order valence-corrected chi connectivity index (χ1v) is 12.2. The van der Waals surface area contributed by atoms with Crippen molar-refractivity contribution in [3.8, 4) is 0 Å². The smallest absolute Gasteiger partial charge is 0.330 e. The number of esters is 1.